The number of aryl methyl sites for hydroxylation is 1. The van der Waals surface area contributed by atoms with Crippen molar-refractivity contribution in [1.29, 1.82) is 0 Å². The minimum absolute atomic E-state index is 0.0539. The van der Waals surface area contributed by atoms with E-state index in [9.17, 15) is 14.9 Å². The number of nitro groups is 1. The second kappa shape index (κ2) is 11.0. The third kappa shape index (κ3) is 5.93. The van der Waals surface area contributed by atoms with E-state index < -0.39 is 13.0 Å². The number of rotatable bonds is 10. The van der Waals surface area contributed by atoms with Gasteiger partial charge in [-0.2, -0.15) is 0 Å². The Labute approximate surface area is 226 Å². The number of aromatic amines is 1. The molecule has 0 saturated carbocycles. The molecule has 0 unspecified atom stereocenters. The molecule has 2 N–H and O–H groups in total. The highest BCUT2D eigenvalue weighted by molar-refractivity contribution is 6.76. The van der Waals surface area contributed by atoms with Gasteiger partial charge in [-0.1, -0.05) is 31.2 Å². The lowest BCUT2D eigenvalue weighted by atomic mass is 10.0. The van der Waals surface area contributed by atoms with Crippen molar-refractivity contribution in [3.8, 4) is 22.6 Å². The molecule has 0 bridgehead atoms. The Morgan fingerprint density at radius 2 is 1.84 bits per heavy atom. The molecule has 0 aliphatic carbocycles. The first kappa shape index (κ1) is 27.4. The van der Waals surface area contributed by atoms with Gasteiger partial charge in [-0.25, -0.2) is 0 Å². The lowest BCUT2D eigenvalue weighted by Gasteiger charge is -2.15. The van der Waals surface area contributed by atoms with Gasteiger partial charge in [0, 0.05) is 62.2 Å². The first-order valence-corrected chi connectivity index (χ1v) is 16.3. The molecule has 11 heteroatoms. The van der Waals surface area contributed by atoms with Crippen LogP contribution < -0.4 is 15.6 Å². The SMILES string of the molecule is CNc1ccc(-c2cn(C)c(=O)c3[nH]c(COCC[Si](C)(C)C)cc23)c(Oc2ccc(Cl)cc2)c1[N+](=O)[O-]. The van der Waals surface area contributed by atoms with Crippen molar-refractivity contribution in [2.24, 2.45) is 7.05 Å². The van der Waals surface area contributed by atoms with Crippen molar-refractivity contribution in [3.63, 3.8) is 0 Å². The molecule has 38 heavy (non-hydrogen) atoms. The molecule has 0 amide bonds. The lowest BCUT2D eigenvalue weighted by molar-refractivity contribution is -0.384. The van der Waals surface area contributed by atoms with Crippen LogP contribution in [0.4, 0.5) is 11.4 Å². The summed E-state index contributed by atoms with van der Waals surface area (Å²) in [7, 11) is 2.02. The molecule has 200 valence electrons. The molecule has 0 spiro atoms. The average Bonchev–Trinajstić information content (AvgIpc) is 3.29. The quantitative estimate of drug-likeness (QED) is 0.0966. The van der Waals surface area contributed by atoms with Crippen LogP contribution in [0.1, 0.15) is 5.69 Å². The number of H-pyrrole nitrogens is 1. The summed E-state index contributed by atoms with van der Waals surface area (Å²) in [5, 5.41) is 16.2. The van der Waals surface area contributed by atoms with E-state index in [-0.39, 0.29) is 17.0 Å². The fourth-order valence-electron chi connectivity index (χ4n) is 4.13. The molecule has 0 saturated heterocycles. The second-order valence-corrected chi connectivity index (χ2v) is 16.4. The van der Waals surface area contributed by atoms with Crippen LogP contribution in [0.2, 0.25) is 30.7 Å². The van der Waals surface area contributed by atoms with E-state index in [0.29, 0.717) is 51.7 Å². The number of hydrogen-bond acceptors (Lipinski definition) is 6. The fraction of sp³-hybridized carbons (Fsp3) is 0.296. The van der Waals surface area contributed by atoms with Gasteiger partial charge in [0.05, 0.1) is 11.5 Å². The number of nitrogens with zero attached hydrogens (tertiary/aromatic N) is 2. The number of benzene rings is 2. The largest absolute Gasteiger partial charge is 0.449 e. The molecular formula is C27H31ClN4O5Si. The van der Waals surface area contributed by atoms with Gasteiger partial charge < -0.3 is 24.3 Å². The Hall–Kier alpha value is -3.60. The standard InChI is InChI=1S/C27H31ClN4O5Si/c1-29-23-11-10-20(26(25(23)32(34)35)37-19-8-6-17(28)7-9-19)22-15-31(2)27(33)24-21(22)14-18(30-24)16-36-12-13-38(3,4)5/h6-11,14-15,29-30H,12-13,16H2,1-5H3. The number of halogens is 1. The van der Waals surface area contributed by atoms with Crippen LogP contribution in [0.15, 0.2) is 53.5 Å². The molecular weight excluding hydrogens is 524 g/mol. The summed E-state index contributed by atoms with van der Waals surface area (Å²) in [6, 6.07) is 12.9. The number of nitrogens with one attached hydrogen (secondary N) is 2. The van der Waals surface area contributed by atoms with Crippen molar-refractivity contribution in [2.75, 3.05) is 19.0 Å². The molecule has 0 atom stereocenters. The van der Waals surface area contributed by atoms with Gasteiger partial charge >= 0.3 is 5.69 Å². The highest BCUT2D eigenvalue weighted by atomic mass is 35.5. The zero-order valence-electron chi connectivity index (χ0n) is 22.1. The van der Waals surface area contributed by atoms with Crippen molar-refractivity contribution in [3.05, 3.63) is 79.8 Å². The summed E-state index contributed by atoms with van der Waals surface area (Å²) in [6.45, 7) is 7.84. The highest BCUT2D eigenvalue weighted by Crippen LogP contribution is 2.46. The number of anilines is 1. The van der Waals surface area contributed by atoms with Gasteiger partial charge in [0.2, 0.25) is 5.75 Å². The zero-order valence-corrected chi connectivity index (χ0v) is 23.8. The number of pyridine rings is 1. The Bertz CT molecular complexity index is 1540. The molecule has 2 aromatic heterocycles. The third-order valence-electron chi connectivity index (χ3n) is 6.18. The minimum Gasteiger partial charge on any atom is -0.449 e. The predicted molar refractivity (Wildman–Crippen MR) is 155 cm³/mol. The summed E-state index contributed by atoms with van der Waals surface area (Å²) in [4.78, 5) is 28.0. The molecule has 4 aromatic rings. The molecule has 0 aliphatic heterocycles. The van der Waals surface area contributed by atoms with Crippen molar-refractivity contribution in [1.82, 2.24) is 9.55 Å². The average molecular weight is 555 g/mol. The van der Waals surface area contributed by atoms with Crippen LogP contribution in [0.3, 0.4) is 0 Å². The first-order chi connectivity index (χ1) is 18.0. The Balaban J connectivity index is 1.86. The van der Waals surface area contributed by atoms with Gasteiger partial charge in [0.15, 0.2) is 0 Å². The van der Waals surface area contributed by atoms with Crippen molar-refractivity contribution in [2.45, 2.75) is 32.3 Å². The summed E-state index contributed by atoms with van der Waals surface area (Å²) in [5.41, 5.74) is 2.10. The Morgan fingerprint density at radius 1 is 1.13 bits per heavy atom. The topological polar surface area (TPSA) is 111 Å². The number of hydrogen-bond donors (Lipinski definition) is 2. The fourth-order valence-corrected chi connectivity index (χ4v) is 5.02. The van der Waals surface area contributed by atoms with Crippen molar-refractivity contribution < 1.29 is 14.4 Å². The highest BCUT2D eigenvalue weighted by Gasteiger charge is 2.28. The smallest absolute Gasteiger partial charge is 0.335 e. The normalized spacial score (nSPS) is 11.6. The van der Waals surface area contributed by atoms with Crippen LogP contribution >= 0.6 is 11.6 Å². The van der Waals surface area contributed by atoms with Gasteiger partial charge in [-0.15, -0.1) is 0 Å². The van der Waals surface area contributed by atoms with E-state index in [2.05, 4.69) is 29.9 Å². The molecule has 4 rings (SSSR count). The van der Waals surface area contributed by atoms with E-state index in [0.717, 1.165) is 11.7 Å². The molecule has 0 aliphatic rings. The molecule has 2 aromatic carbocycles. The Kier molecular flexibility index (Phi) is 7.96. The van der Waals surface area contributed by atoms with Crippen LogP contribution in [0.25, 0.3) is 22.0 Å². The van der Waals surface area contributed by atoms with Gasteiger partial charge in [-0.3, -0.25) is 14.9 Å². The molecule has 0 radical (unpaired) electrons. The molecule has 0 fully saturated rings. The second-order valence-electron chi connectivity index (χ2n) is 10.3. The number of fused-ring (bicyclic) bond motifs is 1. The summed E-state index contributed by atoms with van der Waals surface area (Å²) in [6.07, 6.45) is 1.67. The minimum atomic E-state index is -1.23. The number of ether oxygens (including phenoxy) is 2. The Morgan fingerprint density at radius 3 is 2.47 bits per heavy atom. The number of aromatic nitrogens is 2. The third-order valence-corrected chi connectivity index (χ3v) is 8.14. The van der Waals surface area contributed by atoms with Crippen LogP contribution in [-0.4, -0.2) is 36.2 Å². The van der Waals surface area contributed by atoms with E-state index in [1.54, 1.807) is 56.7 Å². The maximum Gasteiger partial charge on any atom is 0.335 e. The van der Waals surface area contributed by atoms with Crippen LogP contribution in [0, 0.1) is 10.1 Å². The summed E-state index contributed by atoms with van der Waals surface area (Å²) < 4.78 is 13.5. The van der Waals surface area contributed by atoms with Crippen LogP contribution in [0.5, 0.6) is 11.5 Å². The van der Waals surface area contributed by atoms with Crippen molar-refractivity contribution >= 4 is 42.0 Å². The lowest BCUT2D eigenvalue weighted by Crippen LogP contribution is -2.21. The predicted octanol–water partition coefficient (Wildman–Crippen LogP) is 6.78. The summed E-state index contributed by atoms with van der Waals surface area (Å²) in [5.74, 6) is 0.442. The van der Waals surface area contributed by atoms with E-state index >= 15 is 0 Å². The monoisotopic (exact) mass is 554 g/mol. The van der Waals surface area contributed by atoms with E-state index in [4.69, 9.17) is 21.1 Å². The number of nitro benzene ring substituents is 1. The van der Waals surface area contributed by atoms with E-state index in [1.807, 2.05) is 6.07 Å². The maximum absolute atomic E-state index is 13.0. The summed E-state index contributed by atoms with van der Waals surface area (Å²) >= 11 is 6.02. The van der Waals surface area contributed by atoms with E-state index in [1.165, 1.54) is 4.57 Å². The molecule has 9 nitrogen and oxygen atoms in total. The first-order valence-electron chi connectivity index (χ1n) is 12.2. The van der Waals surface area contributed by atoms with Gasteiger partial charge in [0.25, 0.3) is 5.56 Å². The van der Waals surface area contributed by atoms with Crippen LogP contribution in [-0.2, 0) is 18.4 Å². The van der Waals surface area contributed by atoms with Gasteiger partial charge in [-0.05, 0) is 48.5 Å². The maximum atomic E-state index is 13.0. The van der Waals surface area contributed by atoms with Gasteiger partial charge in [0.1, 0.15) is 17.0 Å². The zero-order chi connectivity index (χ0) is 27.6. The molecule has 2 heterocycles.